The van der Waals surface area contributed by atoms with Crippen molar-refractivity contribution in [2.45, 2.75) is 64.6 Å². The number of halogens is 3. The molecule has 230 valence electrons. The Balaban J connectivity index is 1.54. The summed E-state index contributed by atoms with van der Waals surface area (Å²) in [5, 5.41) is 2.91. The molecule has 12 nitrogen and oxygen atoms in total. The van der Waals surface area contributed by atoms with E-state index in [-0.39, 0.29) is 12.4 Å². The van der Waals surface area contributed by atoms with Gasteiger partial charge in [-0.1, -0.05) is 51.4 Å². The number of esters is 2. The third-order valence-corrected chi connectivity index (χ3v) is 8.18. The zero-order valence-electron chi connectivity index (χ0n) is 23.2. The fourth-order valence-corrected chi connectivity index (χ4v) is 5.85. The molecule has 42 heavy (non-hydrogen) atoms. The van der Waals surface area contributed by atoms with E-state index in [9.17, 15) is 18.9 Å². The number of aromatic nitrogens is 2. The van der Waals surface area contributed by atoms with Crippen molar-refractivity contribution in [2.24, 2.45) is 11.8 Å². The van der Waals surface area contributed by atoms with Crippen molar-refractivity contribution in [3.05, 3.63) is 57.6 Å². The van der Waals surface area contributed by atoms with Crippen LogP contribution in [-0.4, -0.2) is 52.8 Å². The van der Waals surface area contributed by atoms with Crippen LogP contribution in [-0.2, 0) is 37.4 Å². The molecule has 4 rings (SSSR count). The van der Waals surface area contributed by atoms with E-state index in [1.807, 2.05) is 0 Å². The number of hydrogen-bond acceptors (Lipinski definition) is 10. The summed E-state index contributed by atoms with van der Waals surface area (Å²) in [6, 6.07) is 7.90. The van der Waals surface area contributed by atoms with Gasteiger partial charge in [0.2, 0.25) is 6.23 Å². The van der Waals surface area contributed by atoms with Gasteiger partial charge in [0.15, 0.2) is 6.10 Å². The molecule has 3 heterocycles. The number of benzene rings is 1. The van der Waals surface area contributed by atoms with Crippen molar-refractivity contribution in [3.8, 4) is 0 Å². The van der Waals surface area contributed by atoms with Gasteiger partial charge in [0.05, 0.1) is 24.5 Å². The normalized spacial score (nSPS) is 27.2. The smallest absolute Gasteiger partial charge is 0.434 e. The summed E-state index contributed by atoms with van der Waals surface area (Å²) >= 11 is 6.04. The van der Waals surface area contributed by atoms with Gasteiger partial charge in [-0.3, -0.25) is 28.3 Å². The Morgan fingerprint density at radius 2 is 1.93 bits per heavy atom. The second kappa shape index (κ2) is 12.8. The molecule has 2 aliphatic heterocycles. The van der Waals surface area contributed by atoms with E-state index in [4.69, 9.17) is 34.9 Å². The summed E-state index contributed by atoms with van der Waals surface area (Å²) in [6.07, 6.45) is -5.30. The standard InChI is InChI=1S/C26H31ClF2N3O9P/c1-14(2)22(33)37-13-19-21(40-23(34)15(3)4)26(28,29)24(39-19)32-10-8-20(30-25(32)35)31-42(36)38-11-9-18(41-42)16-6-5-7-17(27)12-16/h5-8,10,12,14-15,18-19,21,24H,9,11,13H2,1-4H3,(H,30,31,35,36)/t18?,19?,21?,24-,42?/m1/s1. The second-order valence-electron chi connectivity index (χ2n) is 10.4. The molecule has 0 aliphatic carbocycles. The number of anilines is 1. The number of carbonyl (C=O) groups is 2. The number of nitrogens with one attached hydrogen (secondary N) is 1. The highest BCUT2D eigenvalue weighted by Gasteiger charge is 2.63. The molecule has 2 fully saturated rings. The lowest BCUT2D eigenvalue weighted by atomic mass is 10.1. The Labute approximate surface area is 245 Å². The summed E-state index contributed by atoms with van der Waals surface area (Å²) < 4.78 is 71.5. The molecule has 0 spiro atoms. The van der Waals surface area contributed by atoms with Crippen molar-refractivity contribution in [2.75, 3.05) is 18.3 Å². The van der Waals surface area contributed by atoms with E-state index in [1.54, 1.807) is 38.1 Å². The Morgan fingerprint density at radius 1 is 1.21 bits per heavy atom. The van der Waals surface area contributed by atoms with Gasteiger partial charge in [0, 0.05) is 17.6 Å². The van der Waals surface area contributed by atoms with Crippen LogP contribution in [0.5, 0.6) is 0 Å². The molecule has 5 atom stereocenters. The molecule has 16 heteroatoms. The maximum Gasteiger partial charge on any atom is 0.434 e. The maximum absolute atomic E-state index is 15.6. The van der Waals surface area contributed by atoms with E-state index in [1.165, 1.54) is 13.8 Å². The molecule has 4 unspecified atom stereocenters. The minimum Gasteiger partial charge on any atom is -0.463 e. The Bertz CT molecular complexity index is 1420. The average Bonchev–Trinajstić information content (AvgIpc) is 3.16. The summed E-state index contributed by atoms with van der Waals surface area (Å²) in [5.74, 6) is -7.07. The Morgan fingerprint density at radius 3 is 2.57 bits per heavy atom. The first kappa shape index (κ1) is 32.0. The molecule has 2 aromatic rings. The lowest BCUT2D eigenvalue weighted by Crippen LogP contribution is -2.45. The van der Waals surface area contributed by atoms with Crippen LogP contribution in [0.3, 0.4) is 0 Å². The summed E-state index contributed by atoms with van der Waals surface area (Å²) in [7, 11) is -4.02. The molecule has 2 aliphatic rings. The SMILES string of the molecule is CC(C)C(=O)OCC1O[C@@H](n2ccc(NP3(=O)OCCC(c4cccc(Cl)c4)O3)nc2=O)C(F)(F)C1OC(=O)C(C)C. The fourth-order valence-electron chi connectivity index (χ4n) is 4.16. The summed E-state index contributed by atoms with van der Waals surface area (Å²) in [6.45, 7) is 5.45. The van der Waals surface area contributed by atoms with Crippen LogP contribution in [0, 0.1) is 11.8 Å². The number of nitrogens with zero attached hydrogens (tertiary/aromatic N) is 2. The minimum absolute atomic E-state index is 0.0555. The lowest BCUT2D eigenvalue weighted by Gasteiger charge is -2.30. The van der Waals surface area contributed by atoms with Gasteiger partial charge in [-0.25, -0.2) is 9.36 Å². The minimum atomic E-state index is -4.02. The van der Waals surface area contributed by atoms with E-state index < -0.39 is 74.3 Å². The highest BCUT2D eigenvalue weighted by molar-refractivity contribution is 7.55. The van der Waals surface area contributed by atoms with Gasteiger partial charge in [0.1, 0.15) is 18.5 Å². The van der Waals surface area contributed by atoms with E-state index >= 15 is 8.78 Å². The summed E-state index contributed by atoms with van der Waals surface area (Å²) in [4.78, 5) is 40.8. The predicted molar refractivity (Wildman–Crippen MR) is 145 cm³/mol. The average molecular weight is 634 g/mol. The third-order valence-electron chi connectivity index (χ3n) is 6.39. The quantitative estimate of drug-likeness (QED) is 0.297. The highest BCUT2D eigenvalue weighted by Crippen LogP contribution is 2.55. The molecule has 1 N–H and O–H groups in total. The monoisotopic (exact) mass is 633 g/mol. The number of rotatable bonds is 9. The van der Waals surface area contributed by atoms with Gasteiger partial charge in [-0.05, 0) is 23.8 Å². The largest absolute Gasteiger partial charge is 0.463 e. The molecule has 0 radical (unpaired) electrons. The van der Waals surface area contributed by atoms with Crippen LogP contribution in [0.15, 0.2) is 41.3 Å². The van der Waals surface area contributed by atoms with Crippen molar-refractivity contribution in [1.29, 1.82) is 0 Å². The lowest BCUT2D eigenvalue weighted by molar-refractivity contribution is -0.180. The highest BCUT2D eigenvalue weighted by atomic mass is 35.5. The molecule has 1 aromatic heterocycles. The van der Waals surface area contributed by atoms with Gasteiger partial charge in [-0.2, -0.15) is 13.8 Å². The van der Waals surface area contributed by atoms with Crippen LogP contribution in [0.1, 0.15) is 52.0 Å². The van der Waals surface area contributed by atoms with Crippen molar-refractivity contribution in [1.82, 2.24) is 9.55 Å². The number of ether oxygens (including phenoxy) is 3. The van der Waals surface area contributed by atoms with E-state index in [0.29, 0.717) is 21.6 Å². The van der Waals surface area contributed by atoms with Crippen molar-refractivity contribution < 1.29 is 46.2 Å². The topological polar surface area (TPSA) is 144 Å². The third kappa shape index (κ3) is 7.17. The Kier molecular flexibility index (Phi) is 9.73. The predicted octanol–water partition coefficient (Wildman–Crippen LogP) is 4.89. The first-order chi connectivity index (χ1) is 19.7. The second-order valence-corrected chi connectivity index (χ2v) is 12.5. The first-order valence-electron chi connectivity index (χ1n) is 13.2. The molecule has 0 amide bonds. The van der Waals surface area contributed by atoms with Crippen LogP contribution in [0.25, 0.3) is 0 Å². The van der Waals surface area contributed by atoms with E-state index in [2.05, 4.69) is 10.1 Å². The van der Waals surface area contributed by atoms with Gasteiger partial charge >= 0.3 is 31.3 Å². The van der Waals surface area contributed by atoms with Crippen LogP contribution in [0.2, 0.25) is 5.02 Å². The van der Waals surface area contributed by atoms with Gasteiger partial charge in [-0.15, -0.1) is 0 Å². The number of carbonyl (C=O) groups excluding carboxylic acids is 2. The fraction of sp³-hybridized carbons (Fsp3) is 0.538. The van der Waals surface area contributed by atoms with Crippen LogP contribution >= 0.6 is 19.3 Å². The molecule has 0 saturated carbocycles. The zero-order valence-corrected chi connectivity index (χ0v) is 24.8. The molecule has 2 saturated heterocycles. The zero-order chi connectivity index (χ0) is 30.8. The molecule has 0 bridgehead atoms. The van der Waals surface area contributed by atoms with E-state index in [0.717, 1.165) is 12.3 Å². The van der Waals surface area contributed by atoms with Crippen molar-refractivity contribution in [3.63, 3.8) is 0 Å². The summed E-state index contributed by atoms with van der Waals surface area (Å²) in [5.41, 5.74) is -0.536. The molecular formula is C26H31ClF2N3O9P. The van der Waals surface area contributed by atoms with Crippen LogP contribution in [0.4, 0.5) is 14.6 Å². The number of hydrogen-bond donors (Lipinski definition) is 1. The Hall–Kier alpha value is -2.90. The van der Waals surface area contributed by atoms with Gasteiger partial charge in [0.25, 0.3) is 0 Å². The van der Waals surface area contributed by atoms with Gasteiger partial charge < -0.3 is 14.2 Å². The maximum atomic E-state index is 15.6. The molecule has 1 aromatic carbocycles. The number of alkyl halides is 2. The van der Waals surface area contributed by atoms with Crippen molar-refractivity contribution >= 4 is 37.1 Å². The van der Waals surface area contributed by atoms with Crippen LogP contribution < -0.4 is 10.8 Å². The first-order valence-corrected chi connectivity index (χ1v) is 15.1. The molecular weight excluding hydrogens is 603 g/mol.